The molecule has 0 aromatic heterocycles. The van der Waals surface area contributed by atoms with Crippen molar-refractivity contribution in [3.63, 3.8) is 0 Å². The van der Waals surface area contributed by atoms with Crippen molar-refractivity contribution in [3.8, 4) is 0 Å². The predicted octanol–water partition coefficient (Wildman–Crippen LogP) is 1.07. The number of carboxylic acid groups (broad SMARTS) is 1. The van der Waals surface area contributed by atoms with E-state index in [1.807, 2.05) is 13.0 Å². The number of fused-ring (bicyclic) bond motifs is 5. The van der Waals surface area contributed by atoms with Crippen LogP contribution in [0.4, 0.5) is 0 Å². The average molecular weight is 461 g/mol. The lowest BCUT2D eigenvalue weighted by Gasteiger charge is -2.58. The Kier molecular flexibility index (Phi) is 5.80. The summed E-state index contributed by atoms with van der Waals surface area (Å²) in [5.74, 6) is -2.59. The van der Waals surface area contributed by atoms with E-state index in [1.54, 1.807) is 13.0 Å². The van der Waals surface area contributed by atoms with Gasteiger partial charge < -0.3 is 25.5 Å². The largest absolute Gasteiger partial charge is 0.481 e. The Hall–Kier alpha value is -2.13. The Balaban J connectivity index is 1.65. The lowest BCUT2D eigenvalue weighted by atomic mass is 9.47. The van der Waals surface area contributed by atoms with Gasteiger partial charge in [0.25, 0.3) is 0 Å². The van der Waals surface area contributed by atoms with Gasteiger partial charge in [-0.1, -0.05) is 37.1 Å². The number of hydrogen-bond acceptors (Lipinski definition) is 7. The smallest absolute Gasteiger partial charge is 0.303 e. The second-order valence-corrected chi connectivity index (χ2v) is 10.5. The Morgan fingerprint density at radius 2 is 1.94 bits per heavy atom. The van der Waals surface area contributed by atoms with Crippen molar-refractivity contribution in [1.82, 2.24) is 0 Å². The van der Waals surface area contributed by atoms with Crippen LogP contribution in [0.25, 0.3) is 0 Å². The lowest BCUT2D eigenvalue weighted by molar-refractivity contribution is -0.180. The number of aliphatic carboxylic acids is 1. The molecule has 0 radical (unpaired) electrons. The summed E-state index contributed by atoms with van der Waals surface area (Å²) in [6.45, 7) is 3.63. The third-order valence-electron chi connectivity index (χ3n) is 8.67. The van der Waals surface area contributed by atoms with E-state index in [1.165, 1.54) is 12.2 Å². The highest BCUT2D eigenvalue weighted by Crippen LogP contribution is 2.65. The molecule has 4 aliphatic carbocycles. The molecule has 0 spiro atoms. The van der Waals surface area contributed by atoms with Gasteiger partial charge in [0.1, 0.15) is 12.2 Å². The molecule has 0 aromatic rings. The van der Waals surface area contributed by atoms with Gasteiger partial charge in [-0.2, -0.15) is 0 Å². The van der Waals surface area contributed by atoms with Crippen molar-refractivity contribution < 1.29 is 39.9 Å². The third-order valence-corrected chi connectivity index (χ3v) is 8.67. The van der Waals surface area contributed by atoms with Gasteiger partial charge in [-0.25, -0.2) is 0 Å². The molecule has 8 atom stereocenters. The molecule has 0 aliphatic heterocycles. The zero-order valence-electron chi connectivity index (χ0n) is 18.9. The maximum absolute atomic E-state index is 13.2. The highest BCUT2D eigenvalue weighted by atomic mass is 16.4. The van der Waals surface area contributed by atoms with Gasteiger partial charge in [0.2, 0.25) is 0 Å². The van der Waals surface area contributed by atoms with Crippen molar-refractivity contribution in [2.75, 3.05) is 0 Å². The molecule has 3 unspecified atom stereocenters. The first kappa shape index (κ1) is 24.0. The SMILES string of the molecule is C[C@]12C=CC(=O)C=C1CC[C@H]1C3=CC(O)[C@](O)(C(=O)C(O)CCCC(=O)O)[C@@]3(C)CC(O)[C@@H]12. The van der Waals surface area contributed by atoms with Gasteiger partial charge in [-0.15, -0.1) is 0 Å². The summed E-state index contributed by atoms with van der Waals surface area (Å²) in [6.07, 6.45) is 3.28. The average Bonchev–Trinajstić information content (AvgIpc) is 2.94. The molecule has 0 aromatic carbocycles. The fourth-order valence-electron chi connectivity index (χ4n) is 6.95. The van der Waals surface area contributed by atoms with Crippen LogP contribution in [0.3, 0.4) is 0 Å². The van der Waals surface area contributed by atoms with Crippen molar-refractivity contribution in [2.24, 2.45) is 22.7 Å². The van der Waals surface area contributed by atoms with E-state index in [0.29, 0.717) is 18.4 Å². The van der Waals surface area contributed by atoms with E-state index in [9.17, 15) is 34.8 Å². The topological polar surface area (TPSA) is 152 Å². The van der Waals surface area contributed by atoms with Crippen LogP contribution in [0.5, 0.6) is 0 Å². The molecule has 5 N–H and O–H groups in total. The number of carbonyl (C=O) groups excluding carboxylic acids is 2. The zero-order chi connectivity index (χ0) is 24.3. The van der Waals surface area contributed by atoms with Crippen molar-refractivity contribution in [1.29, 1.82) is 0 Å². The lowest BCUT2D eigenvalue weighted by Crippen LogP contribution is -2.64. The second kappa shape index (κ2) is 7.98. The molecular weight excluding hydrogens is 428 g/mol. The van der Waals surface area contributed by atoms with Gasteiger partial charge in [0.15, 0.2) is 17.2 Å². The number of carbonyl (C=O) groups is 3. The number of allylic oxidation sites excluding steroid dienone is 4. The van der Waals surface area contributed by atoms with Crippen molar-refractivity contribution in [3.05, 3.63) is 35.5 Å². The summed E-state index contributed by atoms with van der Waals surface area (Å²) in [6, 6.07) is 0. The van der Waals surface area contributed by atoms with Crippen LogP contribution in [0.1, 0.15) is 52.4 Å². The third kappa shape index (κ3) is 3.38. The minimum absolute atomic E-state index is 0.00576. The predicted molar refractivity (Wildman–Crippen MR) is 117 cm³/mol. The van der Waals surface area contributed by atoms with E-state index in [-0.39, 0.29) is 43.3 Å². The number of hydrogen-bond donors (Lipinski definition) is 5. The molecule has 8 nitrogen and oxygen atoms in total. The van der Waals surface area contributed by atoms with E-state index < -0.39 is 46.5 Å². The molecule has 0 saturated heterocycles. The monoisotopic (exact) mass is 460 g/mol. The summed E-state index contributed by atoms with van der Waals surface area (Å²) >= 11 is 0. The highest BCUT2D eigenvalue weighted by Gasteiger charge is 2.68. The fourth-order valence-corrected chi connectivity index (χ4v) is 6.95. The van der Waals surface area contributed by atoms with Crippen LogP contribution >= 0.6 is 0 Å². The van der Waals surface area contributed by atoms with Crippen LogP contribution in [-0.4, -0.2) is 67.0 Å². The Morgan fingerprint density at radius 1 is 1.24 bits per heavy atom. The van der Waals surface area contributed by atoms with E-state index in [0.717, 1.165) is 5.57 Å². The summed E-state index contributed by atoms with van der Waals surface area (Å²) < 4.78 is 0. The molecular formula is C25H32O8. The zero-order valence-corrected chi connectivity index (χ0v) is 18.9. The quantitative estimate of drug-likeness (QED) is 0.369. The maximum atomic E-state index is 13.2. The molecule has 4 rings (SSSR count). The van der Waals surface area contributed by atoms with E-state index >= 15 is 0 Å². The normalized spacial score (nSPS) is 42.5. The van der Waals surface area contributed by atoms with Crippen molar-refractivity contribution >= 4 is 17.5 Å². The van der Waals surface area contributed by atoms with E-state index in [2.05, 4.69) is 0 Å². The van der Waals surface area contributed by atoms with Gasteiger partial charge in [-0.05, 0) is 50.2 Å². The minimum Gasteiger partial charge on any atom is -0.481 e. The fraction of sp³-hybridized carbons (Fsp3) is 0.640. The van der Waals surface area contributed by atoms with Gasteiger partial charge in [0.05, 0.1) is 6.10 Å². The van der Waals surface area contributed by atoms with E-state index in [4.69, 9.17) is 5.11 Å². The molecule has 2 fully saturated rings. The van der Waals surface area contributed by atoms with Crippen molar-refractivity contribution in [2.45, 2.75) is 76.3 Å². The molecule has 33 heavy (non-hydrogen) atoms. The number of aliphatic hydroxyl groups is 4. The molecule has 180 valence electrons. The first-order chi connectivity index (χ1) is 15.4. The first-order valence-corrected chi connectivity index (χ1v) is 11.6. The van der Waals surface area contributed by atoms with Crippen LogP contribution in [0, 0.1) is 22.7 Å². The van der Waals surface area contributed by atoms with Gasteiger partial charge >= 0.3 is 5.97 Å². The first-order valence-electron chi connectivity index (χ1n) is 11.6. The number of aliphatic hydroxyl groups excluding tert-OH is 3. The van der Waals surface area contributed by atoms with Crippen LogP contribution < -0.4 is 0 Å². The summed E-state index contributed by atoms with van der Waals surface area (Å²) in [7, 11) is 0. The number of rotatable bonds is 6. The maximum Gasteiger partial charge on any atom is 0.303 e. The molecule has 0 heterocycles. The second-order valence-electron chi connectivity index (χ2n) is 10.5. The molecule has 8 heteroatoms. The van der Waals surface area contributed by atoms with Crippen LogP contribution in [0.2, 0.25) is 0 Å². The summed E-state index contributed by atoms with van der Waals surface area (Å²) in [5, 5.41) is 53.0. The summed E-state index contributed by atoms with van der Waals surface area (Å²) in [5.41, 5.74) is -2.51. The molecule has 4 aliphatic rings. The number of Topliss-reactive ketones (excluding diaryl/α,β-unsaturated/α-hetero) is 1. The minimum atomic E-state index is -2.33. The number of carboxylic acids is 1. The van der Waals surface area contributed by atoms with Gasteiger partial charge in [-0.3, -0.25) is 14.4 Å². The Labute approximate surface area is 192 Å². The number of ketones is 2. The van der Waals surface area contributed by atoms with Gasteiger partial charge in [0, 0.05) is 23.2 Å². The highest BCUT2D eigenvalue weighted by molar-refractivity contribution is 6.01. The molecule has 0 amide bonds. The Bertz CT molecular complexity index is 979. The molecule has 0 bridgehead atoms. The Morgan fingerprint density at radius 3 is 2.61 bits per heavy atom. The van der Waals surface area contributed by atoms with Crippen LogP contribution in [0.15, 0.2) is 35.5 Å². The van der Waals surface area contributed by atoms with Crippen LogP contribution in [-0.2, 0) is 14.4 Å². The summed E-state index contributed by atoms with van der Waals surface area (Å²) in [4.78, 5) is 35.9. The standard InChI is InChI=1S/C25H32O8/c1-23-9-8-14(26)10-13(23)6-7-15-16-11-19(29)25(33,24(16,2)12-18(28)21(15)23)22(32)17(27)4-3-5-20(30)31/h8-11,15,17-19,21,27-29,33H,3-7,12H2,1-2H3,(H,30,31)/t15-,17?,18?,19?,21+,23-,24-,25-/m0/s1. The molecule has 2 saturated carbocycles.